The van der Waals surface area contributed by atoms with Gasteiger partial charge in [0.2, 0.25) is 5.88 Å². The Morgan fingerprint density at radius 3 is 2.56 bits per heavy atom. The predicted molar refractivity (Wildman–Crippen MR) is 114 cm³/mol. The van der Waals surface area contributed by atoms with Gasteiger partial charge in [-0.2, -0.15) is 0 Å². The predicted octanol–water partition coefficient (Wildman–Crippen LogP) is 5.92. The summed E-state index contributed by atoms with van der Waals surface area (Å²) in [5.74, 6) is 1.39. The summed E-state index contributed by atoms with van der Waals surface area (Å²) in [5.41, 5.74) is 5.81. The highest BCUT2D eigenvalue weighted by Gasteiger charge is 2.21. The molecule has 0 fully saturated rings. The number of hydrogen-bond acceptors (Lipinski definition) is 4. The summed E-state index contributed by atoms with van der Waals surface area (Å²) >= 11 is 8.13. The molecule has 0 bridgehead atoms. The Labute approximate surface area is 168 Å². The summed E-state index contributed by atoms with van der Waals surface area (Å²) in [5, 5.41) is 2.75. The number of hydrogen-bond donors (Lipinski definition) is 0. The van der Waals surface area contributed by atoms with Crippen LogP contribution in [-0.2, 0) is 6.54 Å². The van der Waals surface area contributed by atoms with E-state index in [1.54, 1.807) is 7.11 Å². The Bertz CT molecular complexity index is 975. The largest absolute Gasteiger partial charge is 0.480 e. The van der Waals surface area contributed by atoms with Crippen LogP contribution in [0.1, 0.15) is 11.1 Å². The fourth-order valence-corrected chi connectivity index (χ4v) is 4.36. The summed E-state index contributed by atoms with van der Waals surface area (Å²) in [6.45, 7) is 0.885. The van der Waals surface area contributed by atoms with Crippen LogP contribution in [0.15, 0.2) is 72.3 Å². The molecule has 1 aliphatic rings. The van der Waals surface area contributed by atoms with Gasteiger partial charge in [0.15, 0.2) is 0 Å². The van der Waals surface area contributed by atoms with Gasteiger partial charge in [-0.3, -0.25) is 0 Å². The molecule has 3 aromatic rings. The molecule has 0 spiro atoms. The molecule has 4 rings (SSSR count). The minimum atomic E-state index is 0.444. The van der Waals surface area contributed by atoms with E-state index >= 15 is 0 Å². The van der Waals surface area contributed by atoms with Crippen molar-refractivity contribution < 1.29 is 4.74 Å². The minimum absolute atomic E-state index is 0.444. The van der Waals surface area contributed by atoms with E-state index in [0.29, 0.717) is 10.9 Å². The molecule has 2 heterocycles. The van der Waals surface area contributed by atoms with E-state index in [-0.39, 0.29) is 0 Å². The van der Waals surface area contributed by atoms with Crippen LogP contribution < -0.4 is 4.74 Å². The maximum atomic E-state index is 6.31. The zero-order valence-corrected chi connectivity index (χ0v) is 16.5. The minimum Gasteiger partial charge on any atom is -0.480 e. The molecular formula is C22H19ClN2OS. The molecular weight excluding hydrogens is 376 g/mol. The summed E-state index contributed by atoms with van der Waals surface area (Å²) in [6.07, 6.45) is 1.81. The number of rotatable bonds is 5. The normalized spacial score (nSPS) is 13.6. The summed E-state index contributed by atoms with van der Waals surface area (Å²) in [6, 6.07) is 20.8. The molecule has 3 nitrogen and oxygen atoms in total. The number of methoxy groups -OCH3 is 1. The second-order valence-corrected chi connectivity index (χ2v) is 7.48. The highest BCUT2D eigenvalue weighted by molar-refractivity contribution is 8.02. The van der Waals surface area contributed by atoms with Crippen molar-refractivity contribution in [3.63, 3.8) is 0 Å². The topological polar surface area (TPSA) is 25.4 Å². The van der Waals surface area contributed by atoms with Crippen LogP contribution in [0.2, 0.25) is 5.02 Å². The summed E-state index contributed by atoms with van der Waals surface area (Å²) in [7, 11) is 1.57. The number of aromatic nitrogens is 1. The van der Waals surface area contributed by atoms with Gasteiger partial charge < -0.3 is 9.64 Å². The van der Waals surface area contributed by atoms with Crippen LogP contribution in [0.3, 0.4) is 0 Å². The van der Waals surface area contributed by atoms with Gasteiger partial charge in [0, 0.05) is 23.9 Å². The first-order chi connectivity index (χ1) is 13.3. The monoisotopic (exact) mass is 394 g/mol. The molecule has 0 aliphatic carbocycles. The van der Waals surface area contributed by atoms with Crippen molar-refractivity contribution in [1.29, 1.82) is 0 Å². The molecule has 136 valence electrons. The standard InChI is InChI=1S/C22H19ClN2OS/c1-26-22-20(23)11-17(12-24-22)18-9-5-6-10-19(18)21-14-27-15-25(21)13-16-7-3-2-4-8-16/h2-12,14H,13,15H2,1H3. The van der Waals surface area contributed by atoms with Crippen molar-refractivity contribution in [3.8, 4) is 17.0 Å². The van der Waals surface area contributed by atoms with Crippen molar-refractivity contribution in [3.05, 3.63) is 88.4 Å². The van der Waals surface area contributed by atoms with Crippen molar-refractivity contribution in [1.82, 2.24) is 9.88 Å². The molecule has 1 aliphatic heterocycles. The third kappa shape index (κ3) is 3.82. The van der Waals surface area contributed by atoms with Crippen LogP contribution >= 0.6 is 23.4 Å². The van der Waals surface area contributed by atoms with Crippen LogP contribution in [0.5, 0.6) is 5.88 Å². The van der Waals surface area contributed by atoms with Gasteiger partial charge in [0.1, 0.15) is 5.02 Å². The molecule has 27 heavy (non-hydrogen) atoms. The Morgan fingerprint density at radius 1 is 1.07 bits per heavy atom. The Hall–Kier alpha value is -2.43. The number of pyridine rings is 1. The second kappa shape index (κ2) is 8.07. The van der Waals surface area contributed by atoms with Crippen LogP contribution in [0.25, 0.3) is 16.8 Å². The Morgan fingerprint density at radius 2 is 1.81 bits per heavy atom. The van der Waals surface area contributed by atoms with E-state index in [1.807, 2.05) is 30.1 Å². The first-order valence-corrected chi connectivity index (χ1v) is 10.1. The highest BCUT2D eigenvalue weighted by atomic mass is 35.5. The number of benzene rings is 2. The number of thioether (sulfide) groups is 1. The van der Waals surface area contributed by atoms with Crippen molar-refractivity contribution in [2.75, 3.05) is 13.0 Å². The van der Waals surface area contributed by atoms with Gasteiger partial charge in [-0.25, -0.2) is 4.98 Å². The van der Waals surface area contributed by atoms with Crippen molar-refractivity contribution >= 4 is 29.1 Å². The Kier molecular flexibility index (Phi) is 5.37. The first kappa shape index (κ1) is 18.0. The number of nitrogens with zero attached hydrogens (tertiary/aromatic N) is 2. The van der Waals surface area contributed by atoms with Gasteiger partial charge in [0.05, 0.1) is 18.7 Å². The quantitative estimate of drug-likeness (QED) is 0.536. The molecule has 0 unspecified atom stereocenters. The van der Waals surface area contributed by atoms with Gasteiger partial charge >= 0.3 is 0 Å². The van der Waals surface area contributed by atoms with E-state index in [9.17, 15) is 0 Å². The van der Waals surface area contributed by atoms with Crippen molar-refractivity contribution in [2.24, 2.45) is 0 Å². The van der Waals surface area contributed by atoms with Crippen LogP contribution in [0.4, 0.5) is 0 Å². The van der Waals surface area contributed by atoms with Gasteiger partial charge in [-0.1, -0.05) is 66.2 Å². The third-order valence-electron chi connectivity index (χ3n) is 4.50. The SMILES string of the molecule is COc1ncc(-c2ccccc2C2=CSCN2Cc2ccccc2)cc1Cl. The average Bonchev–Trinajstić information content (AvgIpc) is 3.16. The maximum absolute atomic E-state index is 6.31. The molecule has 0 amide bonds. The lowest BCUT2D eigenvalue weighted by molar-refractivity contribution is 0.398. The maximum Gasteiger partial charge on any atom is 0.232 e. The zero-order chi connectivity index (χ0) is 18.6. The van der Waals surface area contributed by atoms with Crippen LogP contribution in [-0.4, -0.2) is 22.9 Å². The highest BCUT2D eigenvalue weighted by Crippen LogP contribution is 2.38. The van der Waals surface area contributed by atoms with Gasteiger partial charge in [0.25, 0.3) is 0 Å². The lowest BCUT2D eigenvalue weighted by atomic mass is 9.98. The van der Waals surface area contributed by atoms with E-state index in [2.05, 4.69) is 63.8 Å². The lowest BCUT2D eigenvalue weighted by Crippen LogP contribution is -2.18. The molecule has 0 atom stereocenters. The summed E-state index contributed by atoms with van der Waals surface area (Å²) < 4.78 is 5.18. The lowest BCUT2D eigenvalue weighted by Gasteiger charge is -2.23. The Balaban J connectivity index is 1.69. The number of halogens is 1. The molecule has 2 aromatic carbocycles. The first-order valence-electron chi connectivity index (χ1n) is 8.66. The van der Waals surface area contributed by atoms with E-state index in [0.717, 1.165) is 23.5 Å². The molecule has 0 N–H and O–H groups in total. The van der Waals surface area contributed by atoms with E-state index < -0.39 is 0 Å². The fourth-order valence-electron chi connectivity index (χ4n) is 3.20. The smallest absolute Gasteiger partial charge is 0.232 e. The van der Waals surface area contributed by atoms with E-state index in [1.165, 1.54) is 16.8 Å². The second-order valence-electron chi connectivity index (χ2n) is 6.24. The zero-order valence-electron chi connectivity index (χ0n) is 14.9. The van der Waals surface area contributed by atoms with Crippen LogP contribution in [0, 0.1) is 0 Å². The van der Waals surface area contributed by atoms with E-state index in [4.69, 9.17) is 16.3 Å². The molecule has 5 heteroatoms. The van der Waals surface area contributed by atoms with Crippen molar-refractivity contribution in [2.45, 2.75) is 6.54 Å². The average molecular weight is 395 g/mol. The van der Waals surface area contributed by atoms with Gasteiger partial charge in [-0.15, -0.1) is 11.8 Å². The fraction of sp³-hybridized carbons (Fsp3) is 0.136. The molecule has 0 saturated heterocycles. The third-order valence-corrected chi connectivity index (χ3v) is 5.62. The molecule has 0 saturated carbocycles. The number of ether oxygens (including phenoxy) is 1. The molecule has 0 radical (unpaired) electrons. The molecule has 1 aromatic heterocycles. The van der Waals surface area contributed by atoms with Gasteiger partial charge in [-0.05, 0) is 22.6 Å². The summed E-state index contributed by atoms with van der Waals surface area (Å²) in [4.78, 5) is 6.74.